The van der Waals surface area contributed by atoms with Crippen LogP contribution in [0.2, 0.25) is 0 Å². The SMILES string of the molecule is CCOC(=O)c1ccc(C(=O)OCCC(C)CCOC)cc1. The highest BCUT2D eigenvalue weighted by Crippen LogP contribution is 2.10. The molecule has 1 aromatic carbocycles. The number of esters is 2. The zero-order valence-electron chi connectivity index (χ0n) is 13.5. The van der Waals surface area contributed by atoms with Gasteiger partial charge in [0.15, 0.2) is 0 Å². The quantitative estimate of drug-likeness (QED) is 0.656. The summed E-state index contributed by atoms with van der Waals surface area (Å²) in [6, 6.07) is 6.28. The summed E-state index contributed by atoms with van der Waals surface area (Å²) in [7, 11) is 1.67. The lowest BCUT2D eigenvalue weighted by atomic mass is 10.1. The molecule has 1 atom stereocenters. The van der Waals surface area contributed by atoms with Crippen LogP contribution in [0.25, 0.3) is 0 Å². The maximum Gasteiger partial charge on any atom is 0.338 e. The number of hydrogen-bond acceptors (Lipinski definition) is 5. The first-order valence-electron chi connectivity index (χ1n) is 7.51. The lowest BCUT2D eigenvalue weighted by molar-refractivity contribution is 0.0474. The van der Waals surface area contributed by atoms with E-state index in [-0.39, 0.29) is 5.97 Å². The summed E-state index contributed by atoms with van der Waals surface area (Å²) in [5.41, 5.74) is 0.851. The van der Waals surface area contributed by atoms with E-state index in [1.165, 1.54) is 0 Å². The minimum absolute atomic E-state index is 0.323. The molecule has 5 heteroatoms. The molecular weight excluding hydrogens is 284 g/mol. The third-order valence-electron chi connectivity index (χ3n) is 3.29. The van der Waals surface area contributed by atoms with Gasteiger partial charge in [-0.3, -0.25) is 0 Å². The van der Waals surface area contributed by atoms with Gasteiger partial charge in [0.2, 0.25) is 0 Å². The molecule has 5 nitrogen and oxygen atoms in total. The zero-order valence-corrected chi connectivity index (χ0v) is 13.5. The summed E-state index contributed by atoms with van der Waals surface area (Å²) in [6.07, 6.45) is 1.75. The van der Waals surface area contributed by atoms with Crippen LogP contribution in [0.4, 0.5) is 0 Å². The van der Waals surface area contributed by atoms with Crippen molar-refractivity contribution in [2.45, 2.75) is 26.7 Å². The van der Waals surface area contributed by atoms with E-state index >= 15 is 0 Å². The summed E-state index contributed by atoms with van der Waals surface area (Å²) < 4.78 is 15.1. The predicted molar refractivity (Wildman–Crippen MR) is 83.0 cm³/mol. The summed E-state index contributed by atoms with van der Waals surface area (Å²) >= 11 is 0. The average Bonchev–Trinajstić information content (AvgIpc) is 2.53. The number of methoxy groups -OCH3 is 1. The van der Waals surface area contributed by atoms with Crippen LogP contribution in [0.5, 0.6) is 0 Å². The molecule has 0 saturated heterocycles. The number of hydrogen-bond donors (Lipinski definition) is 0. The lowest BCUT2D eigenvalue weighted by Gasteiger charge is -2.11. The normalized spacial score (nSPS) is 11.8. The van der Waals surface area contributed by atoms with E-state index < -0.39 is 5.97 Å². The maximum atomic E-state index is 11.9. The topological polar surface area (TPSA) is 61.8 Å². The average molecular weight is 308 g/mol. The van der Waals surface area contributed by atoms with E-state index in [4.69, 9.17) is 14.2 Å². The summed E-state index contributed by atoms with van der Waals surface area (Å²) in [6.45, 7) is 5.26. The second-order valence-corrected chi connectivity index (χ2v) is 5.11. The maximum absolute atomic E-state index is 11.9. The number of ether oxygens (including phenoxy) is 3. The Bertz CT molecular complexity index is 466. The van der Waals surface area contributed by atoms with E-state index in [9.17, 15) is 9.59 Å². The summed E-state index contributed by atoms with van der Waals surface area (Å²) in [5.74, 6) is -0.331. The van der Waals surface area contributed by atoms with Gasteiger partial charge in [-0.05, 0) is 49.9 Å². The van der Waals surface area contributed by atoms with E-state index in [2.05, 4.69) is 6.92 Å². The van der Waals surface area contributed by atoms with Crippen molar-refractivity contribution in [3.8, 4) is 0 Å². The van der Waals surface area contributed by atoms with Gasteiger partial charge in [0.25, 0.3) is 0 Å². The first-order chi connectivity index (χ1) is 10.6. The summed E-state index contributed by atoms with van der Waals surface area (Å²) in [4.78, 5) is 23.4. The van der Waals surface area contributed by atoms with Crippen LogP contribution in [0.3, 0.4) is 0 Å². The van der Waals surface area contributed by atoms with Crippen LogP contribution in [0.15, 0.2) is 24.3 Å². The van der Waals surface area contributed by atoms with Crippen molar-refractivity contribution in [3.63, 3.8) is 0 Å². The van der Waals surface area contributed by atoms with Crippen molar-refractivity contribution in [1.29, 1.82) is 0 Å². The molecule has 0 bridgehead atoms. The van der Waals surface area contributed by atoms with Crippen LogP contribution in [-0.4, -0.2) is 38.9 Å². The van der Waals surface area contributed by atoms with E-state index in [1.54, 1.807) is 38.3 Å². The molecule has 0 aromatic heterocycles. The Morgan fingerprint density at radius 1 is 0.955 bits per heavy atom. The Morgan fingerprint density at radius 2 is 1.45 bits per heavy atom. The predicted octanol–water partition coefficient (Wildman–Crippen LogP) is 3.08. The van der Waals surface area contributed by atoms with Gasteiger partial charge in [-0.25, -0.2) is 9.59 Å². The van der Waals surface area contributed by atoms with Gasteiger partial charge in [-0.2, -0.15) is 0 Å². The van der Waals surface area contributed by atoms with E-state index in [0.29, 0.717) is 36.9 Å². The first kappa shape index (κ1) is 18.2. The smallest absolute Gasteiger partial charge is 0.338 e. The molecule has 0 fully saturated rings. The van der Waals surface area contributed by atoms with Gasteiger partial charge in [0.1, 0.15) is 0 Å². The Labute approximate surface area is 131 Å². The fourth-order valence-corrected chi connectivity index (χ4v) is 1.86. The monoisotopic (exact) mass is 308 g/mol. The molecule has 0 N–H and O–H groups in total. The van der Waals surface area contributed by atoms with Gasteiger partial charge in [0.05, 0.1) is 24.3 Å². The molecule has 0 heterocycles. The summed E-state index contributed by atoms with van der Waals surface area (Å²) in [5, 5.41) is 0. The number of benzene rings is 1. The van der Waals surface area contributed by atoms with Crippen LogP contribution >= 0.6 is 0 Å². The number of carbonyl (C=O) groups excluding carboxylic acids is 2. The number of rotatable bonds is 9. The van der Waals surface area contributed by atoms with Crippen molar-refractivity contribution in [2.75, 3.05) is 26.9 Å². The van der Waals surface area contributed by atoms with Gasteiger partial charge in [0, 0.05) is 13.7 Å². The second-order valence-electron chi connectivity index (χ2n) is 5.11. The minimum Gasteiger partial charge on any atom is -0.462 e. The molecule has 122 valence electrons. The van der Waals surface area contributed by atoms with Crippen LogP contribution in [0.1, 0.15) is 47.4 Å². The van der Waals surface area contributed by atoms with Crippen LogP contribution in [-0.2, 0) is 14.2 Å². The van der Waals surface area contributed by atoms with Crippen LogP contribution < -0.4 is 0 Å². The molecular formula is C17H24O5. The molecule has 0 aliphatic rings. The second kappa shape index (κ2) is 9.95. The lowest BCUT2D eigenvalue weighted by Crippen LogP contribution is -2.11. The van der Waals surface area contributed by atoms with Crippen molar-refractivity contribution in [2.24, 2.45) is 5.92 Å². The van der Waals surface area contributed by atoms with E-state index in [0.717, 1.165) is 12.8 Å². The molecule has 1 unspecified atom stereocenters. The Kier molecular flexibility index (Phi) is 8.22. The van der Waals surface area contributed by atoms with Crippen molar-refractivity contribution in [1.82, 2.24) is 0 Å². The first-order valence-corrected chi connectivity index (χ1v) is 7.51. The molecule has 0 saturated carbocycles. The third-order valence-corrected chi connectivity index (χ3v) is 3.29. The Hall–Kier alpha value is -1.88. The number of carbonyl (C=O) groups is 2. The fraction of sp³-hybridized carbons (Fsp3) is 0.529. The molecule has 0 amide bonds. The zero-order chi connectivity index (χ0) is 16.4. The largest absolute Gasteiger partial charge is 0.462 e. The van der Waals surface area contributed by atoms with Crippen LogP contribution in [0, 0.1) is 5.92 Å². The molecule has 0 aliphatic carbocycles. The van der Waals surface area contributed by atoms with Gasteiger partial charge in [-0.1, -0.05) is 6.92 Å². The van der Waals surface area contributed by atoms with Crippen molar-refractivity contribution in [3.05, 3.63) is 35.4 Å². The molecule has 0 spiro atoms. The molecule has 22 heavy (non-hydrogen) atoms. The molecule has 1 rings (SSSR count). The van der Waals surface area contributed by atoms with Crippen molar-refractivity contribution < 1.29 is 23.8 Å². The highest BCUT2D eigenvalue weighted by atomic mass is 16.5. The molecule has 1 aromatic rings. The minimum atomic E-state index is -0.394. The standard InChI is InChI=1S/C17H24O5/c1-4-21-16(18)14-5-7-15(8-6-14)17(19)22-12-10-13(2)9-11-20-3/h5-8,13H,4,9-12H2,1-3H3. The van der Waals surface area contributed by atoms with Crippen molar-refractivity contribution >= 4 is 11.9 Å². The highest BCUT2D eigenvalue weighted by Gasteiger charge is 2.11. The van der Waals surface area contributed by atoms with Gasteiger partial charge >= 0.3 is 11.9 Å². The Morgan fingerprint density at radius 3 is 1.95 bits per heavy atom. The highest BCUT2D eigenvalue weighted by molar-refractivity contribution is 5.93. The molecule has 0 radical (unpaired) electrons. The Balaban J connectivity index is 2.41. The van der Waals surface area contributed by atoms with E-state index in [1.807, 2.05) is 0 Å². The molecule has 0 aliphatic heterocycles. The fourth-order valence-electron chi connectivity index (χ4n) is 1.86. The van der Waals surface area contributed by atoms with Gasteiger partial charge in [-0.15, -0.1) is 0 Å². The van der Waals surface area contributed by atoms with Gasteiger partial charge < -0.3 is 14.2 Å². The third kappa shape index (κ3) is 6.26.